The van der Waals surface area contributed by atoms with Gasteiger partial charge in [0.25, 0.3) is 0 Å². The van der Waals surface area contributed by atoms with E-state index in [0.29, 0.717) is 17.1 Å². The van der Waals surface area contributed by atoms with Gasteiger partial charge in [0.05, 0.1) is 13.1 Å². The van der Waals surface area contributed by atoms with E-state index in [1.165, 1.54) is 18.9 Å². The van der Waals surface area contributed by atoms with Crippen molar-refractivity contribution in [2.24, 2.45) is 0 Å². The van der Waals surface area contributed by atoms with Crippen molar-refractivity contribution < 1.29 is 23.9 Å². The predicted molar refractivity (Wildman–Crippen MR) is 73.2 cm³/mol. The summed E-state index contributed by atoms with van der Waals surface area (Å²) in [6.45, 7) is 1.27. The molecule has 0 aliphatic carbocycles. The average molecular weight is 292 g/mol. The van der Waals surface area contributed by atoms with Gasteiger partial charge in [-0.25, -0.2) is 0 Å². The van der Waals surface area contributed by atoms with Crippen molar-refractivity contribution in [2.45, 2.75) is 6.92 Å². The zero-order valence-corrected chi connectivity index (χ0v) is 11.8. The molecular formula is C14H16N2O5. The van der Waals surface area contributed by atoms with Crippen LogP contribution in [0, 0.1) is 0 Å². The Morgan fingerprint density at radius 1 is 1.24 bits per heavy atom. The number of nitrogens with zero attached hydrogens (tertiary/aromatic N) is 1. The molecule has 0 saturated carbocycles. The van der Waals surface area contributed by atoms with Gasteiger partial charge in [0, 0.05) is 19.5 Å². The topological polar surface area (TPSA) is 84.9 Å². The van der Waals surface area contributed by atoms with Gasteiger partial charge in [0.1, 0.15) is 0 Å². The largest absolute Gasteiger partial charge is 0.454 e. The van der Waals surface area contributed by atoms with Crippen LogP contribution in [0.25, 0.3) is 0 Å². The average Bonchev–Trinajstić information content (AvgIpc) is 2.91. The maximum absolute atomic E-state index is 12.1. The van der Waals surface area contributed by atoms with Crippen LogP contribution in [0.15, 0.2) is 18.2 Å². The second-order valence-corrected chi connectivity index (χ2v) is 4.65. The standard InChI is InChI=1S/C14H16N2O5/c1-9(17)15-6-14(19)16(2)7-11(18)10-3-4-12-13(5-10)21-8-20-12/h3-5H,6-8H2,1-2H3,(H,15,17). The SMILES string of the molecule is CC(=O)NCC(=O)N(C)CC(=O)c1ccc2c(c1)OCO2. The van der Waals surface area contributed by atoms with Crippen LogP contribution >= 0.6 is 0 Å². The predicted octanol–water partition coefficient (Wildman–Crippen LogP) is 0.192. The molecule has 1 aromatic rings. The number of rotatable bonds is 5. The van der Waals surface area contributed by atoms with Gasteiger partial charge < -0.3 is 19.7 Å². The zero-order chi connectivity index (χ0) is 15.4. The number of likely N-dealkylation sites (N-methyl/N-ethyl adjacent to an activating group) is 1. The van der Waals surface area contributed by atoms with Crippen molar-refractivity contribution in [1.82, 2.24) is 10.2 Å². The monoisotopic (exact) mass is 292 g/mol. The van der Waals surface area contributed by atoms with Crippen molar-refractivity contribution >= 4 is 17.6 Å². The van der Waals surface area contributed by atoms with E-state index in [4.69, 9.17) is 9.47 Å². The number of hydrogen-bond acceptors (Lipinski definition) is 5. The number of ether oxygens (including phenoxy) is 2. The summed E-state index contributed by atoms with van der Waals surface area (Å²) in [7, 11) is 1.51. The van der Waals surface area contributed by atoms with Crippen LogP contribution in [0.4, 0.5) is 0 Å². The fourth-order valence-electron chi connectivity index (χ4n) is 1.80. The Hall–Kier alpha value is -2.57. The minimum absolute atomic E-state index is 0.0714. The van der Waals surface area contributed by atoms with Crippen molar-refractivity contribution in [3.8, 4) is 11.5 Å². The van der Waals surface area contributed by atoms with E-state index in [9.17, 15) is 14.4 Å². The highest BCUT2D eigenvalue weighted by molar-refractivity contribution is 6.00. The Bertz CT molecular complexity index is 585. The Balaban J connectivity index is 1.94. The second kappa shape index (κ2) is 6.25. The third-order valence-corrected chi connectivity index (χ3v) is 2.99. The van der Waals surface area contributed by atoms with Gasteiger partial charge in [-0.1, -0.05) is 0 Å². The number of carbonyl (C=O) groups excluding carboxylic acids is 3. The van der Waals surface area contributed by atoms with E-state index >= 15 is 0 Å². The summed E-state index contributed by atoms with van der Waals surface area (Å²) in [6, 6.07) is 4.88. The molecule has 0 fully saturated rings. The fraction of sp³-hybridized carbons (Fsp3) is 0.357. The molecule has 2 rings (SSSR count). The maximum Gasteiger partial charge on any atom is 0.242 e. The van der Waals surface area contributed by atoms with Gasteiger partial charge in [-0.05, 0) is 18.2 Å². The van der Waals surface area contributed by atoms with E-state index in [1.807, 2.05) is 0 Å². The molecule has 1 aliphatic rings. The summed E-state index contributed by atoms with van der Waals surface area (Å²) >= 11 is 0. The number of fused-ring (bicyclic) bond motifs is 1. The molecule has 7 nitrogen and oxygen atoms in total. The molecule has 0 unspecified atom stereocenters. The number of Topliss-reactive ketones (excluding diaryl/α,β-unsaturated/α-hetero) is 1. The molecule has 0 radical (unpaired) electrons. The molecule has 0 aromatic heterocycles. The molecule has 21 heavy (non-hydrogen) atoms. The van der Waals surface area contributed by atoms with Crippen LogP contribution in [0.2, 0.25) is 0 Å². The minimum Gasteiger partial charge on any atom is -0.454 e. The maximum atomic E-state index is 12.1. The van der Waals surface area contributed by atoms with Crippen molar-refractivity contribution in [3.05, 3.63) is 23.8 Å². The lowest BCUT2D eigenvalue weighted by atomic mass is 10.1. The van der Waals surface area contributed by atoms with Crippen LogP contribution < -0.4 is 14.8 Å². The number of benzene rings is 1. The van der Waals surface area contributed by atoms with Gasteiger partial charge in [0.2, 0.25) is 18.6 Å². The lowest BCUT2D eigenvalue weighted by molar-refractivity contribution is -0.131. The van der Waals surface area contributed by atoms with E-state index in [-0.39, 0.29) is 37.5 Å². The van der Waals surface area contributed by atoms with Crippen molar-refractivity contribution in [3.63, 3.8) is 0 Å². The van der Waals surface area contributed by atoms with Crippen LogP contribution in [-0.4, -0.2) is 49.4 Å². The van der Waals surface area contributed by atoms with Crippen molar-refractivity contribution in [1.29, 1.82) is 0 Å². The normalized spacial score (nSPS) is 11.9. The first-order chi connectivity index (χ1) is 9.97. The van der Waals surface area contributed by atoms with Gasteiger partial charge in [-0.3, -0.25) is 14.4 Å². The van der Waals surface area contributed by atoms with E-state index in [1.54, 1.807) is 18.2 Å². The van der Waals surface area contributed by atoms with Gasteiger partial charge in [0.15, 0.2) is 17.3 Å². The summed E-state index contributed by atoms with van der Waals surface area (Å²) in [5.41, 5.74) is 0.443. The molecule has 0 atom stereocenters. The number of ketones is 1. The molecule has 1 N–H and O–H groups in total. The Morgan fingerprint density at radius 3 is 2.67 bits per heavy atom. The smallest absolute Gasteiger partial charge is 0.242 e. The number of carbonyl (C=O) groups is 3. The highest BCUT2D eigenvalue weighted by Gasteiger charge is 2.18. The Labute approximate surface area is 121 Å². The third-order valence-electron chi connectivity index (χ3n) is 2.99. The second-order valence-electron chi connectivity index (χ2n) is 4.65. The van der Waals surface area contributed by atoms with Crippen LogP contribution in [0.5, 0.6) is 11.5 Å². The molecule has 112 valence electrons. The molecule has 7 heteroatoms. The van der Waals surface area contributed by atoms with Crippen LogP contribution in [0.3, 0.4) is 0 Å². The summed E-state index contributed by atoms with van der Waals surface area (Å²) < 4.78 is 10.4. The van der Waals surface area contributed by atoms with Gasteiger partial charge in [-0.2, -0.15) is 0 Å². The van der Waals surface area contributed by atoms with E-state index < -0.39 is 0 Å². The first kappa shape index (κ1) is 14.8. The lowest BCUT2D eigenvalue weighted by Crippen LogP contribution is -2.39. The first-order valence-corrected chi connectivity index (χ1v) is 6.38. The van der Waals surface area contributed by atoms with E-state index in [0.717, 1.165) is 0 Å². The highest BCUT2D eigenvalue weighted by atomic mass is 16.7. The molecule has 0 spiro atoms. The molecule has 2 amide bonds. The highest BCUT2D eigenvalue weighted by Crippen LogP contribution is 2.32. The minimum atomic E-state index is -0.334. The summed E-state index contributed by atoms with van der Waals surface area (Å²) in [5, 5.41) is 2.40. The number of amides is 2. The van der Waals surface area contributed by atoms with Gasteiger partial charge >= 0.3 is 0 Å². The molecule has 0 saturated heterocycles. The molecule has 1 heterocycles. The quantitative estimate of drug-likeness (QED) is 0.783. The summed E-state index contributed by atoms with van der Waals surface area (Å²) in [4.78, 5) is 35.9. The molecule has 1 aromatic carbocycles. The van der Waals surface area contributed by atoms with Crippen molar-refractivity contribution in [2.75, 3.05) is 26.9 Å². The fourth-order valence-corrected chi connectivity index (χ4v) is 1.80. The summed E-state index contributed by atoms with van der Waals surface area (Å²) in [6.07, 6.45) is 0. The summed E-state index contributed by atoms with van der Waals surface area (Å²) in [5.74, 6) is 0.278. The Kier molecular flexibility index (Phi) is 4.42. The molecule has 1 aliphatic heterocycles. The lowest BCUT2D eigenvalue weighted by Gasteiger charge is -2.16. The molecular weight excluding hydrogens is 276 g/mol. The number of hydrogen-bond donors (Lipinski definition) is 1. The van der Waals surface area contributed by atoms with Gasteiger partial charge in [-0.15, -0.1) is 0 Å². The third kappa shape index (κ3) is 3.71. The van der Waals surface area contributed by atoms with Crippen LogP contribution in [-0.2, 0) is 9.59 Å². The Morgan fingerprint density at radius 2 is 1.95 bits per heavy atom. The molecule has 0 bridgehead atoms. The zero-order valence-electron chi connectivity index (χ0n) is 11.8. The van der Waals surface area contributed by atoms with Crippen LogP contribution in [0.1, 0.15) is 17.3 Å². The first-order valence-electron chi connectivity index (χ1n) is 6.38. The van der Waals surface area contributed by atoms with E-state index in [2.05, 4.69) is 5.32 Å². The number of nitrogens with one attached hydrogen (secondary N) is 1.